The van der Waals surface area contributed by atoms with Gasteiger partial charge in [0.15, 0.2) is 0 Å². The lowest BCUT2D eigenvalue weighted by atomic mass is 10.2. The highest BCUT2D eigenvalue weighted by Gasteiger charge is 2.40. The molecule has 4 aliphatic heterocycles. The minimum absolute atomic E-state index is 0.0563. The number of rotatable bonds is 18. The highest BCUT2D eigenvalue weighted by Crippen LogP contribution is 2.39. The predicted octanol–water partition coefficient (Wildman–Crippen LogP) is 3.85. The molecule has 25 nitrogen and oxygen atoms in total. The summed E-state index contributed by atoms with van der Waals surface area (Å²) in [4.78, 5) is 103. The van der Waals surface area contributed by atoms with Gasteiger partial charge >= 0.3 is 22.8 Å². The van der Waals surface area contributed by atoms with Crippen molar-refractivity contribution < 1.29 is 39.4 Å². The van der Waals surface area contributed by atoms with Crippen LogP contribution in [0.4, 0.5) is 0 Å². The lowest BCUT2D eigenvalue weighted by Gasteiger charge is -2.19. The van der Waals surface area contributed by atoms with Gasteiger partial charge in [-0.3, -0.25) is 57.4 Å². The fourth-order valence-electron chi connectivity index (χ4n) is 8.95. The Morgan fingerprint density at radius 2 is 0.857 bits per heavy atom. The molecule has 0 aromatic carbocycles. The average Bonchev–Trinajstić information content (AvgIpc) is 3.20. The molecule has 8 rings (SSSR count). The molecule has 4 aromatic rings. The van der Waals surface area contributed by atoms with Crippen LogP contribution < -0.4 is 45.0 Å². The number of halogens is 2. The van der Waals surface area contributed by atoms with Crippen LogP contribution in [-0.2, 0) is 18.9 Å². The summed E-state index contributed by atoms with van der Waals surface area (Å²) in [6, 6.07) is 3.74. The van der Waals surface area contributed by atoms with Gasteiger partial charge in [-0.2, -0.15) is 52.3 Å². The molecular weight excluding hydrogens is 1340 g/mol. The van der Waals surface area contributed by atoms with E-state index in [4.69, 9.17) is 24.2 Å². The predicted molar refractivity (Wildman–Crippen MR) is 343 cm³/mol. The van der Waals surface area contributed by atoms with Crippen LogP contribution in [0.2, 0.25) is 51.4 Å². The second-order valence-electron chi connectivity index (χ2n) is 22.4. The molecular formula is C51H79Br2N9O16S4Si2. The number of aromatic amines is 4. The first-order valence-electron chi connectivity index (χ1n) is 26.9. The van der Waals surface area contributed by atoms with E-state index < -0.39 is 74.9 Å². The van der Waals surface area contributed by atoms with Crippen molar-refractivity contribution in [2.75, 3.05) is 50.4 Å². The van der Waals surface area contributed by atoms with E-state index in [1.54, 1.807) is 42.3 Å². The molecule has 4 fully saturated rings. The van der Waals surface area contributed by atoms with Crippen molar-refractivity contribution >= 4 is 95.1 Å². The maximum absolute atomic E-state index is 12.0. The highest BCUT2D eigenvalue weighted by molar-refractivity contribution is 9.12. The Hall–Kier alpha value is -3.32. The lowest BCUT2D eigenvalue weighted by molar-refractivity contribution is -0.0239. The molecule has 84 heavy (non-hydrogen) atoms. The monoisotopic (exact) mass is 1420 g/mol. The summed E-state index contributed by atoms with van der Waals surface area (Å²) < 4.78 is 28.7. The van der Waals surface area contributed by atoms with Crippen LogP contribution >= 0.6 is 78.9 Å². The van der Waals surface area contributed by atoms with Crippen LogP contribution in [0.3, 0.4) is 0 Å². The topological polar surface area (TPSA) is 361 Å². The van der Waals surface area contributed by atoms with Crippen molar-refractivity contribution in [1.29, 1.82) is 5.26 Å². The molecule has 0 bridgehead atoms. The zero-order valence-corrected chi connectivity index (χ0v) is 57.1. The number of aliphatic hydroxyl groups is 4. The summed E-state index contributed by atoms with van der Waals surface area (Å²) in [6.45, 7) is 17.1. The molecule has 0 amide bonds. The van der Waals surface area contributed by atoms with Crippen molar-refractivity contribution in [3.05, 3.63) is 130 Å². The van der Waals surface area contributed by atoms with Gasteiger partial charge in [0, 0.05) is 121 Å². The van der Waals surface area contributed by atoms with Gasteiger partial charge in [-0.1, -0.05) is 39.3 Å². The Morgan fingerprint density at radius 1 is 0.548 bits per heavy atom. The summed E-state index contributed by atoms with van der Waals surface area (Å²) in [5.74, 6) is 2.10. The first-order valence-corrected chi connectivity index (χ1v) is 40.5. The van der Waals surface area contributed by atoms with Gasteiger partial charge in [0.25, 0.3) is 22.2 Å². The molecule has 8 N–H and O–H groups in total. The third kappa shape index (κ3) is 21.8. The average molecular weight is 1420 g/mol. The van der Waals surface area contributed by atoms with E-state index in [-0.39, 0.29) is 87.4 Å². The number of ether oxygens (including phenoxy) is 4. The van der Waals surface area contributed by atoms with E-state index in [1.807, 2.05) is 36.0 Å². The molecule has 0 spiro atoms. The number of nitriles is 1. The van der Waals surface area contributed by atoms with Crippen molar-refractivity contribution in [3.8, 4) is 4.98 Å². The Morgan fingerprint density at radius 3 is 1.18 bits per heavy atom. The smallest absolute Gasteiger partial charge is 0.330 e. The number of thioether (sulfide) groups is 4. The quantitative estimate of drug-likeness (QED) is 0.0656. The summed E-state index contributed by atoms with van der Waals surface area (Å²) in [6.07, 6.45) is 9.52. The number of aliphatic hydroxyl groups excluding tert-OH is 4. The number of nitrogens with zero attached hydrogens (tertiary/aromatic N) is 5. The number of aromatic nitrogens is 8. The van der Waals surface area contributed by atoms with Crippen molar-refractivity contribution in [3.63, 3.8) is 0 Å². The molecule has 4 aliphatic rings. The third-order valence-corrected chi connectivity index (χ3v) is 23.4. The number of nitrogens with one attached hydrogen (secondary N) is 4. The number of H-pyrrole nitrogens is 4. The largest absolute Gasteiger partial charge is 0.394 e. The fraction of sp³-hybridized carbons (Fsp3) is 0.667. The van der Waals surface area contributed by atoms with Gasteiger partial charge in [0.05, 0.1) is 55.3 Å². The number of aryl methyl sites for hydroxylation is 2. The van der Waals surface area contributed by atoms with E-state index >= 15 is 0 Å². The van der Waals surface area contributed by atoms with Gasteiger partial charge in [-0.05, 0) is 65.9 Å². The highest BCUT2D eigenvalue weighted by atomic mass is 79.9. The van der Waals surface area contributed by atoms with Crippen molar-refractivity contribution in [2.24, 2.45) is 0 Å². The van der Waals surface area contributed by atoms with E-state index in [1.165, 1.54) is 61.2 Å². The lowest BCUT2D eigenvalue weighted by Crippen LogP contribution is -2.33. The Kier molecular flexibility index (Phi) is 30.0. The summed E-state index contributed by atoms with van der Waals surface area (Å²) in [7, 11) is -2.16. The Labute approximate surface area is 520 Å². The normalized spacial score (nSPS) is 25.5. The molecule has 470 valence electrons. The minimum atomic E-state index is -1.08. The van der Waals surface area contributed by atoms with Crippen LogP contribution in [-0.4, -0.2) is 171 Å². The standard InChI is InChI=1S/C15H26N2O4SSi.C14H24N2O4SSi.C11H16N2O4S.C10H13BrN2O4S.CBrN/c1-10-8-17(15(20)16-14(10)19)13-7-12(11(9-18)21-13)22-5-6-23(2,3)4;1-22(2,3)7-6-21-11-8-13(20-10(11)9-17)16-5-4-12(18)15-14(16)19;1-6-4-13(11(16)12-10(6)15)9-3-8(18-2)7(5-14)17-9;1-18-7-2-8(17-6(7)4-14)13-3-5(11)9(15)12-10(13)16;2-1-3/h8,11-13,18H,5-7,9H2,1-4H3,(H,16,19,20);4-5,10-11,13,17H,6-9H2,1-3H3,(H,15,18,19);4,7-9,14H,3,5H2,1-2H3,(H,12,15,16);3,6-8,14H,2,4H2,1H3,(H,12,15,16);/t11-,12-,13-;10-,11-,13-;7-,8-,9-;6-,7-,8-;/m1111./s1. The first kappa shape index (κ1) is 73.2. The van der Waals surface area contributed by atoms with E-state index in [0.29, 0.717) is 36.8 Å². The molecule has 0 radical (unpaired) electrons. The second-order valence-corrected chi connectivity index (χ2v) is 39.7. The molecule has 12 atom stereocenters. The van der Waals surface area contributed by atoms with Crippen LogP contribution in [0.1, 0.15) is 61.7 Å². The molecule has 0 unspecified atom stereocenters. The molecule has 0 saturated carbocycles. The zero-order valence-electron chi connectivity index (χ0n) is 48.6. The summed E-state index contributed by atoms with van der Waals surface area (Å²) in [5, 5.41) is 45.3. The van der Waals surface area contributed by atoms with E-state index in [0.717, 1.165) is 11.5 Å². The van der Waals surface area contributed by atoms with E-state index in [2.05, 4.69) is 91.1 Å². The van der Waals surface area contributed by atoms with Gasteiger partial charge in [0.1, 0.15) is 29.9 Å². The second kappa shape index (κ2) is 34.4. The van der Waals surface area contributed by atoms with Crippen LogP contribution in [0.15, 0.2) is 73.7 Å². The fourth-order valence-corrected chi connectivity index (χ4v) is 18.7. The molecule has 8 heterocycles. The van der Waals surface area contributed by atoms with Crippen LogP contribution in [0, 0.1) is 24.1 Å². The number of hydrogen-bond acceptors (Lipinski definition) is 21. The molecule has 4 saturated heterocycles. The SMILES string of the molecule is CS[C@@H]1C[C@H](n2cc(Br)c(=O)[nH]c2=O)O[C@@H]1CO.CS[C@@H]1C[C@H](n2cc(C)c(=O)[nH]c2=O)O[C@@H]1CO.C[Si](C)(C)CCS[C@@H]1C[C@H](n2ccc(=O)[nH]c2=O)O[C@@H]1CO.Cc1cn([C@H]2C[C@@H](SCC[Si](C)(C)C)[C@@H](CO)O2)c(=O)[nH]c1=O.N#CBr. The number of hydrogen-bond donors (Lipinski definition) is 8. The molecule has 4 aromatic heterocycles. The minimum Gasteiger partial charge on any atom is -0.394 e. The van der Waals surface area contributed by atoms with Crippen LogP contribution in [0.5, 0.6) is 0 Å². The van der Waals surface area contributed by atoms with Gasteiger partial charge in [-0.15, -0.1) is 0 Å². The molecule has 33 heteroatoms. The van der Waals surface area contributed by atoms with Crippen LogP contribution in [0.25, 0.3) is 0 Å². The van der Waals surface area contributed by atoms with Crippen molar-refractivity contribution in [1.82, 2.24) is 38.2 Å². The first-order chi connectivity index (χ1) is 39.5. The summed E-state index contributed by atoms with van der Waals surface area (Å²) in [5.41, 5.74) is -2.61. The zero-order chi connectivity index (χ0) is 62.8. The van der Waals surface area contributed by atoms with Gasteiger partial charge < -0.3 is 39.4 Å². The maximum atomic E-state index is 12.0. The Bertz CT molecular complexity index is 3170. The molecule has 0 aliphatic carbocycles. The Balaban J connectivity index is 0.000000237. The maximum Gasteiger partial charge on any atom is 0.330 e. The van der Waals surface area contributed by atoms with Gasteiger partial charge in [-0.25, -0.2) is 19.2 Å². The van der Waals surface area contributed by atoms with Crippen molar-refractivity contribution in [2.45, 2.75) is 161 Å². The van der Waals surface area contributed by atoms with E-state index in [9.17, 15) is 58.8 Å². The van der Waals surface area contributed by atoms with Gasteiger partial charge in [0.2, 0.25) is 0 Å². The third-order valence-electron chi connectivity index (χ3n) is 13.7. The summed E-state index contributed by atoms with van der Waals surface area (Å²) >= 11 is 12.4.